The molecular weight excluding hydrogens is 543 g/mol. The number of halogens is 3. The van der Waals surface area contributed by atoms with Crippen molar-refractivity contribution in [1.29, 1.82) is 0 Å². The van der Waals surface area contributed by atoms with Crippen molar-refractivity contribution in [3.63, 3.8) is 0 Å². The van der Waals surface area contributed by atoms with Crippen LogP contribution in [0.2, 0.25) is 10.0 Å². The van der Waals surface area contributed by atoms with Crippen molar-refractivity contribution >= 4 is 68.7 Å². The normalized spacial score (nSPS) is 15.0. The zero-order valence-electron chi connectivity index (χ0n) is 17.8. The van der Waals surface area contributed by atoms with Gasteiger partial charge in [0, 0.05) is 10.0 Å². The van der Waals surface area contributed by atoms with Crippen molar-refractivity contribution < 1.29 is 19.1 Å². The third-order valence-electron chi connectivity index (χ3n) is 5.07. The van der Waals surface area contributed by atoms with Crippen LogP contribution in [0.1, 0.15) is 16.7 Å². The Balaban J connectivity index is 1.57. The molecule has 0 spiro atoms. The third kappa shape index (κ3) is 5.17. The molecule has 1 heterocycles. The van der Waals surface area contributed by atoms with Crippen molar-refractivity contribution in [2.45, 2.75) is 13.5 Å². The lowest BCUT2D eigenvalue weighted by molar-refractivity contribution is -0.122. The van der Waals surface area contributed by atoms with Crippen LogP contribution in [0.25, 0.3) is 6.08 Å². The van der Waals surface area contributed by atoms with Gasteiger partial charge in [-0.1, -0.05) is 47.5 Å². The van der Waals surface area contributed by atoms with Crippen molar-refractivity contribution in [1.82, 2.24) is 5.32 Å². The SMILES string of the molecule is Cc1ccc(N2C(=O)NC(=O)/C(=C\c3ccc(OCc4cccc(Cl)c4)c(Br)c3)C2=O)cc1Cl. The van der Waals surface area contributed by atoms with Crippen LogP contribution in [0.4, 0.5) is 10.5 Å². The van der Waals surface area contributed by atoms with E-state index in [1.807, 2.05) is 18.2 Å². The highest BCUT2D eigenvalue weighted by molar-refractivity contribution is 9.10. The molecule has 0 unspecified atom stereocenters. The number of carbonyl (C=O) groups excluding carboxylic acids is 3. The van der Waals surface area contributed by atoms with E-state index in [0.717, 1.165) is 16.0 Å². The molecule has 9 heteroatoms. The summed E-state index contributed by atoms with van der Waals surface area (Å²) in [6, 6.07) is 16.4. The number of hydrogen-bond donors (Lipinski definition) is 1. The second-order valence-corrected chi connectivity index (χ2v) is 9.20. The molecule has 172 valence electrons. The number of carbonyl (C=O) groups is 3. The molecule has 0 aliphatic carbocycles. The molecule has 0 bridgehead atoms. The summed E-state index contributed by atoms with van der Waals surface area (Å²) in [5.41, 5.74) is 2.36. The number of ether oxygens (including phenoxy) is 1. The number of rotatable bonds is 5. The van der Waals surface area contributed by atoms with Gasteiger partial charge in [-0.15, -0.1) is 0 Å². The van der Waals surface area contributed by atoms with Gasteiger partial charge in [0.25, 0.3) is 11.8 Å². The fourth-order valence-electron chi connectivity index (χ4n) is 3.29. The first-order chi connectivity index (χ1) is 16.2. The van der Waals surface area contributed by atoms with E-state index in [-0.39, 0.29) is 11.3 Å². The Labute approximate surface area is 214 Å². The number of aryl methyl sites for hydroxylation is 1. The van der Waals surface area contributed by atoms with Crippen molar-refractivity contribution in [3.05, 3.63) is 97.4 Å². The average Bonchev–Trinajstić information content (AvgIpc) is 2.78. The third-order valence-corrected chi connectivity index (χ3v) is 6.33. The Morgan fingerprint density at radius 1 is 1.03 bits per heavy atom. The monoisotopic (exact) mass is 558 g/mol. The second kappa shape index (κ2) is 10.0. The highest BCUT2D eigenvalue weighted by Gasteiger charge is 2.37. The summed E-state index contributed by atoms with van der Waals surface area (Å²) in [5.74, 6) is -0.944. The molecule has 1 saturated heterocycles. The molecule has 0 aromatic heterocycles. The van der Waals surface area contributed by atoms with Gasteiger partial charge in [0.2, 0.25) is 0 Å². The molecule has 0 radical (unpaired) electrons. The summed E-state index contributed by atoms with van der Waals surface area (Å²) in [4.78, 5) is 38.8. The molecule has 0 saturated carbocycles. The zero-order chi connectivity index (χ0) is 24.4. The maximum atomic E-state index is 13.1. The number of barbiturate groups is 1. The number of anilines is 1. The minimum Gasteiger partial charge on any atom is -0.488 e. The number of benzene rings is 3. The van der Waals surface area contributed by atoms with Gasteiger partial charge in [0.1, 0.15) is 17.9 Å². The van der Waals surface area contributed by atoms with Gasteiger partial charge in [-0.05, 0) is 82.0 Å². The van der Waals surface area contributed by atoms with Gasteiger partial charge in [-0.25, -0.2) is 9.69 Å². The Morgan fingerprint density at radius 3 is 2.53 bits per heavy atom. The quantitative estimate of drug-likeness (QED) is 0.293. The molecule has 4 amide bonds. The van der Waals surface area contributed by atoms with Gasteiger partial charge in [-0.2, -0.15) is 0 Å². The number of amides is 4. The van der Waals surface area contributed by atoms with Crippen LogP contribution in [0.5, 0.6) is 5.75 Å². The Morgan fingerprint density at radius 2 is 1.82 bits per heavy atom. The van der Waals surface area contributed by atoms with E-state index in [0.29, 0.717) is 32.4 Å². The number of nitrogens with one attached hydrogen (secondary N) is 1. The predicted octanol–water partition coefficient (Wildman–Crippen LogP) is 6.31. The first-order valence-electron chi connectivity index (χ1n) is 10.1. The standard InChI is InChI=1S/C25H17BrCl2N2O4/c1-14-5-7-18(12-21(14)28)30-24(32)19(23(31)29-25(30)33)10-15-6-8-22(20(26)11-15)34-13-16-3-2-4-17(27)9-16/h2-12H,13H2,1H3,(H,29,31,33)/b19-10+. The van der Waals surface area contributed by atoms with E-state index < -0.39 is 17.8 Å². The molecule has 3 aromatic rings. The smallest absolute Gasteiger partial charge is 0.335 e. The highest BCUT2D eigenvalue weighted by atomic mass is 79.9. The van der Waals surface area contributed by atoms with Gasteiger partial charge < -0.3 is 4.74 Å². The first kappa shape index (κ1) is 24.0. The number of nitrogens with zero attached hydrogens (tertiary/aromatic N) is 1. The van der Waals surface area contributed by atoms with Crippen molar-refractivity contribution in [2.75, 3.05) is 4.90 Å². The van der Waals surface area contributed by atoms with Gasteiger partial charge in [0.15, 0.2) is 0 Å². The first-order valence-corrected chi connectivity index (χ1v) is 11.6. The Bertz CT molecular complexity index is 1360. The van der Waals surface area contributed by atoms with Gasteiger partial charge in [-0.3, -0.25) is 14.9 Å². The van der Waals surface area contributed by atoms with Crippen molar-refractivity contribution in [3.8, 4) is 5.75 Å². The lowest BCUT2D eigenvalue weighted by atomic mass is 10.1. The molecule has 3 aromatic carbocycles. The van der Waals surface area contributed by atoms with E-state index in [2.05, 4.69) is 21.2 Å². The van der Waals surface area contributed by atoms with E-state index >= 15 is 0 Å². The number of imide groups is 2. The summed E-state index contributed by atoms with van der Waals surface area (Å²) in [7, 11) is 0. The minimum absolute atomic E-state index is 0.184. The lowest BCUT2D eigenvalue weighted by Gasteiger charge is -2.26. The Hall–Kier alpha value is -3.13. The highest BCUT2D eigenvalue weighted by Crippen LogP contribution is 2.30. The number of urea groups is 1. The summed E-state index contributed by atoms with van der Waals surface area (Å²) in [6.45, 7) is 2.12. The van der Waals surface area contributed by atoms with Gasteiger partial charge in [0.05, 0.1) is 10.2 Å². The molecular formula is C25H17BrCl2N2O4. The van der Waals surface area contributed by atoms with Crippen molar-refractivity contribution in [2.24, 2.45) is 0 Å². The maximum absolute atomic E-state index is 13.1. The van der Waals surface area contributed by atoms with Crippen LogP contribution >= 0.6 is 39.1 Å². The van der Waals surface area contributed by atoms with Crippen LogP contribution in [0.3, 0.4) is 0 Å². The van der Waals surface area contributed by atoms with Crippen LogP contribution in [0.15, 0.2) is 70.7 Å². The fourth-order valence-corrected chi connectivity index (χ4v) is 4.19. The minimum atomic E-state index is -0.835. The molecule has 4 rings (SSSR count). The summed E-state index contributed by atoms with van der Waals surface area (Å²) < 4.78 is 6.47. The molecule has 34 heavy (non-hydrogen) atoms. The largest absolute Gasteiger partial charge is 0.488 e. The van der Waals surface area contributed by atoms with Crippen LogP contribution in [-0.2, 0) is 16.2 Å². The van der Waals surface area contributed by atoms with E-state index in [9.17, 15) is 14.4 Å². The van der Waals surface area contributed by atoms with Crippen LogP contribution < -0.4 is 15.0 Å². The number of hydrogen-bond acceptors (Lipinski definition) is 4. The van der Waals surface area contributed by atoms with Crippen LogP contribution in [0, 0.1) is 6.92 Å². The molecule has 1 N–H and O–H groups in total. The molecule has 0 atom stereocenters. The Kier molecular flexibility index (Phi) is 7.07. The summed E-state index contributed by atoms with van der Waals surface area (Å²) in [6.07, 6.45) is 1.42. The van der Waals surface area contributed by atoms with E-state index in [1.54, 1.807) is 43.3 Å². The maximum Gasteiger partial charge on any atom is 0.335 e. The fraction of sp³-hybridized carbons (Fsp3) is 0.0800. The van der Waals surface area contributed by atoms with E-state index in [4.69, 9.17) is 27.9 Å². The molecule has 6 nitrogen and oxygen atoms in total. The molecule has 1 fully saturated rings. The zero-order valence-corrected chi connectivity index (χ0v) is 20.9. The summed E-state index contributed by atoms with van der Waals surface area (Å²) in [5, 5.41) is 3.22. The van der Waals surface area contributed by atoms with Gasteiger partial charge >= 0.3 is 6.03 Å². The van der Waals surface area contributed by atoms with Crippen LogP contribution in [-0.4, -0.2) is 17.8 Å². The molecule has 1 aliphatic rings. The average molecular weight is 560 g/mol. The van der Waals surface area contributed by atoms with E-state index in [1.165, 1.54) is 12.1 Å². The topological polar surface area (TPSA) is 75.7 Å². The lowest BCUT2D eigenvalue weighted by Crippen LogP contribution is -2.54. The summed E-state index contributed by atoms with van der Waals surface area (Å²) >= 11 is 15.6. The predicted molar refractivity (Wildman–Crippen MR) is 135 cm³/mol. The molecule has 1 aliphatic heterocycles. The second-order valence-electron chi connectivity index (χ2n) is 7.50.